The highest BCUT2D eigenvalue weighted by Crippen LogP contribution is 2.55. The number of hydrogen-bond acceptors (Lipinski definition) is 4. The molecule has 1 fully saturated rings. The third-order valence-corrected chi connectivity index (χ3v) is 4.74. The third kappa shape index (κ3) is 2.90. The normalized spacial score (nSPS) is 20.6. The molecule has 1 aromatic carbocycles. The molecule has 1 aromatic heterocycles. The lowest BCUT2D eigenvalue weighted by molar-refractivity contribution is -0.140. The maximum atomic E-state index is 11.1. The van der Waals surface area contributed by atoms with Crippen LogP contribution < -0.4 is 0 Å². The lowest BCUT2D eigenvalue weighted by Gasteiger charge is -1.98. The number of benzene rings is 1. The highest BCUT2D eigenvalue weighted by Gasteiger charge is 2.41. The number of aromatic nitrogens is 1. The molecule has 2 unspecified atom stereocenters. The topological polar surface area (TPSA) is 39.2 Å². The van der Waals surface area contributed by atoms with Gasteiger partial charge in [-0.25, -0.2) is 4.98 Å². The summed E-state index contributed by atoms with van der Waals surface area (Å²) in [5, 5.41) is 3.28. The van der Waals surface area contributed by atoms with Gasteiger partial charge in [0.05, 0.1) is 24.2 Å². The van der Waals surface area contributed by atoms with E-state index in [9.17, 15) is 4.79 Å². The number of thiazole rings is 1. The van der Waals surface area contributed by atoms with Crippen LogP contribution in [0.15, 0.2) is 35.7 Å². The Kier molecular flexibility index (Phi) is 3.83. The molecule has 3 nitrogen and oxygen atoms in total. The van der Waals surface area contributed by atoms with E-state index in [2.05, 4.69) is 45.4 Å². The van der Waals surface area contributed by atoms with Gasteiger partial charge in [-0.15, -0.1) is 11.3 Å². The first-order chi connectivity index (χ1) is 9.78. The van der Waals surface area contributed by atoms with Gasteiger partial charge in [-0.1, -0.05) is 30.3 Å². The fraction of sp³-hybridized carbons (Fsp3) is 0.375. The van der Waals surface area contributed by atoms with Gasteiger partial charge in [0.25, 0.3) is 0 Å². The first-order valence-corrected chi connectivity index (χ1v) is 7.72. The maximum Gasteiger partial charge on any atom is 0.305 e. The number of hydrogen-bond donors (Lipinski definition) is 0. The Balaban J connectivity index is 1.60. The van der Waals surface area contributed by atoms with Gasteiger partial charge in [0.2, 0.25) is 0 Å². The number of ether oxygens (including phenoxy) is 1. The van der Waals surface area contributed by atoms with E-state index in [1.807, 2.05) is 0 Å². The molecule has 1 heterocycles. The molecule has 0 saturated heterocycles. The molecule has 0 radical (unpaired) electrons. The third-order valence-electron chi connectivity index (χ3n) is 3.72. The molecule has 0 amide bonds. The number of esters is 1. The summed E-state index contributed by atoms with van der Waals surface area (Å²) in [6.07, 6.45) is 2.27. The first kappa shape index (κ1) is 13.3. The van der Waals surface area contributed by atoms with Crippen molar-refractivity contribution in [2.24, 2.45) is 0 Å². The summed E-state index contributed by atoms with van der Waals surface area (Å²) in [6, 6.07) is 10.6. The van der Waals surface area contributed by atoms with Gasteiger partial charge in [0, 0.05) is 17.7 Å². The summed E-state index contributed by atoms with van der Waals surface area (Å²) in [4.78, 5) is 15.8. The predicted octanol–water partition coefficient (Wildman–Crippen LogP) is 3.52. The monoisotopic (exact) mass is 287 g/mol. The molecule has 2 aromatic rings. The minimum atomic E-state index is -0.173. The van der Waals surface area contributed by atoms with Gasteiger partial charge < -0.3 is 4.74 Å². The van der Waals surface area contributed by atoms with Gasteiger partial charge in [0.1, 0.15) is 0 Å². The zero-order valence-corrected chi connectivity index (χ0v) is 12.2. The quantitative estimate of drug-likeness (QED) is 0.790. The second kappa shape index (κ2) is 5.75. The van der Waals surface area contributed by atoms with E-state index >= 15 is 0 Å². The largest absolute Gasteiger partial charge is 0.469 e. The molecular weight excluding hydrogens is 270 g/mol. The number of carbonyl (C=O) groups is 1. The van der Waals surface area contributed by atoms with E-state index < -0.39 is 0 Å². The Morgan fingerprint density at radius 2 is 2.15 bits per heavy atom. The minimum absolute atomic E-state index is 0.173. The Bertz CT molecular complexity index is 594. The van der Waals surface area contributed by atoms with Gasteiger partial charge in [-0.2, -0.15) is 0 Å². The summed E-state index contributed by atoms with van der Waals surface area (Å²) in [7, 11) is 1.42. The number of methoxy groups -OCH3 is 1. The fourth-order valence-corrected chi connectivity index (χ4v) is 3.51. The van der Waals surface area contributed by atoms with Crippen molar-refractivity contribution in [2.45, 2.75) is 31.1 Å². The number of nitrogens with zero attached hydrogens (tertiary/aromatic N) is 1. The van der Waals surface area contributed by atoms with Crippen LogP contribution in [-0.4, -0.2) is 18.1 Å². The van der Waals surface area contributed by atoms with Crippen molar-refractivity contribution in [2.75, 3.05) is 7.11 Å². The highest BCUT2D eigenvalue weighted by atomic mass is 32.1. The van der Waals surface area contributed by atoms with E-state index in [-0.39, 0.29) is 5.97 Å². The van der Waals surface area contributed by atoms with Crippen LogP contribution >= 0.6 is 11.3 Å². The van der Waals surface area contributed by atoms with E-state index in [0.717, 1.165) is 5.69 Å². The van der Waals surface area contributed by atoms with Gasteiger partial charge in [0.15, 0.2) is 0 Å². The van der Waals surface area contributed by atoms with Crippen LogP contribution in [0.3, 0.4) is 0 Å². The van der Waals surface area contributed by atoms with Crippen LogP contribution in [0.5, 0.6) is 0 Å². The van der Waals surface area contributed by atoms with Crippen molar-refractivity contribution in [3.05, 3.63) is 52.0 Å². The Morgan fingerprint density at radius 3 is 2.90 bits per heavy atom. The molecule has 3 rings (SSSR count). The molecule has 4 heteroatoms. The first-order valence-electron chi connectivity index (χ1n) is 6.84. The van der Waals surface area contributed by atoms with Crippen LogP contribution in [-0.2, 0) is 16.0 Å². The zero-order valence-electron chi connectivity index (χ0n) is 11.4. The van der Waals surface area contributed by atoms with Crippen molar-refractivity contribution in [1.29, 1.82) is 0 Å². The molecule has 1 aliphatic rings. The fourth-order valence-electron chi connectivity index (χ4n) is 2.48. The summed E-state index contributed by atoms with van der Waals surface area (Å²) >= 11 is 1.71. The Morgan fingerprint density at radius 1 is 1.35 bits per heavy atom. The second-order valence-electron chi connectivity index (χ2n) is 5.11. The van der Waals surface area contributed by atoms with E-state index in [1.54, 1.807) is 11.3 Å². The smallest absolute Gasteiger partial charge is 0.305 e. The average molecular weight is 287 g/mol. The number of carbonyl (C=O) groups excluding carboxylic acids is 1. The lowest BCUT2D eigenvalue weighted by Crippen LogP contribution is -2.02. The van der Waals surface area contributed by atoms with Crippen LogP contribution in [0.1, 0.15) is 40.9 Å². The second-order valence-corrected chi connectivity index (χ2v) is 6.00. The molecule has 0 N–H and O–H groups in total. The van der Waals surface area contributed by atoms with Crippen molar-refractivity contribution < 1.29 is 9.53 Å². The Labute approximate surface area is 122 Å². The molecular formula is C16H17NO2S. The van der Waals surface area contributed by atoms with Gasteiger partial charge in [-0.3, -0.25) is 4.79 Å². The summed E-state index contributed by atoms with van der Waals surface area (Å²) in [5.74, 6) is 1.01. The van der Waals surface area contributed by atoms with Crippen molar-refractivity contribution in [1.82, 2.24) is 4.98 Å². The van der Waals surface area contributed by atoms with E-state index in [4.69, 9.17) is 0 Å². The van der Waals surface area contributed by atoms with Crippen LogP contribution in [0.4, 0.5) is 0 Å². The Hall–Kier alpha value is -1.68. The summed E-state index contributed by atoms with van der Waals surface area (Å²) < 4.78 is 4.65. The molecule has 0 bridgehead atoms. The number of rotatable bonds is 5. The minimum Gasteiger partial charge on any atom is -0.469 e. The highest BCUT2D eigenvalue weighted by molar-refractivity contribution is 7.09. The molecule has 2 atom stereocenters. The van der Waals surface area contributed by atoms with Crippen molar-refractivity contribution >= 4 is 17.3 Å². The van der Waals surface area contributed by atoms with Crippen LogP contribution in [0.2, 0.25) is 0 Å². The molecule has 0 spiro atoms. The number of aryl methyl sites for hydroxylation is 1. The molecule has 1 saturated carbocycles. The average Bonchev–Trinajstić information content (AvgIpc) is 3.16. The zero-order chi connectivity index (χ0) is 13.9. The predicted molar refractivity (Wildman–Crippen MR) is 79.0 cm³/mol. The van der Waals surface area contributed by atoms with Crippen molar-refractivity contribution in [3.63, 3.8) is 0 Å². The van der Waals surface area contributed by atoms with Crippen molar-refractivity contribution in [3.8, 4) is 0 Å². The molecule has 0 aliphatic heterocycles. The SMILES string of the molecule is COC(=O)CCc1csc(C2CC2c2ccccc2)n1. The van der Waals surface area contributed by atoms with Crippen LogP contribution in [0.25, 0.3) is 0 Å². The standard InChI is InChI=1S/C16H17NO2S/c1-19-15(18)8-7-12-10-20-16(17-12)14-9-13(14)11-5-3-2-4-6-11/h2-6,10,13-14H,7-9H2,1H3. The molecule has 20 heavy (non-hydrogen) atoms. The lowest BCUT2D eigenvalue weighted by atomic mass is 10.1. The van der Waals surface area contributed by atoms with E-state index in [0.29, 0.717) is 24.7 Å². The van der Waals surface area contributed by atoms with E-state index in [1.165, 1.54) is 24.1 Å². The summed E-state index contributed by atoms with van der Waals surface area (Å²) in [6.45, 7) is 0. The maximum absolute atomic E-state index is 11.1. The van der Waals surface area contributed by atoms with Gasteiger partial charge >= 0.3 is 5.97 Å². The molecule has 1 aliphatic carbocycles. The summed E-state index contributed by atoms with van der Waals surface area (Å²) in [5.41, 5.74) is 2.41. The molecule has 104 valence electrons. The van der Waals surface area contributed by atoms with Crippen LogP contribution in [0, 0.1) is 0 Å². The van der Waals surface area contributed by atoms with Gasteiger partial charge in [-0.05, 0) is 17.9 Å².